The molecule has 2 saturated heterocycles. The zero-order valence-corrected chi connectivity index (χ0v) is 17.9. The number of amides is 1. The molecule has 4 rings (SSSR count). The Kier molecular flexibility index (Phi) is 6.06. The summed E-state index contributed by atoms with van der Waals surface area (Å²) in [6, 6.07) is 11.2. The predicted molar refractivity (Wildman–Crippen MR) is 114 cm³/mol. The zero-order valence-electron chi connectivity index (χ0n) is 17.1. The van der Waals surface area contributed by atoms with Gasteiger partial charge in [-0.05, 0) is 55.0 Å². The lowest BCUT2D eigenvalue weighted by molar-refractivity contribution is 0.0758. The Labute approximate surface area is 177 Å². The van der Waals surface area contributed by atoms with E-state index in [-0.39, 0.29) is 11.8 Å². The van der Waals surface area contributed by atoms with Gasteiger partial charge in [-0.2, -0.15) is 0 Å². The third-order valence-electron chi connectivity index (χ3n) is 6.14. The van der Waals surface area contributed by atoms with E-state index in [1.165, 1.54) is 0 Å². The molecule has 0 N–H and O–H groups in total. The van der Waals surface area contributed by atoms with Crippen molar-refractivity contribution in [3.63, 3.8) is 0 Å². The maximum absolute atomic E-state index is 13.2. The number of ether oxygens (including phenoxy) is 1. The van der Waals surface area contributed by atoms with Crippen LogP contribution in [0.1, 0.15) is 28.8 Å². The molecular weight excluding hydrogens is 402 g/mol. The maximum atomic E-state index is 13.2. The van der Waals surface area contributed by atoms with Crippen LogP contribution in [0.15, 0.2) is 48.8 Å². The molecule has 160 valence electrons. The van der Waals surface area contributed by atoms with Crippen molar-refractivity contribution in [3.05, 3.63) is 59.9 Å². The summed E-state index contributed by atoms with van der Waals surface area (Å²) >= 11 is 0. The van der Waals surface area contributed by atoms with E-state index in [0.717, 1.165) is 11.3 Å². The van der Waals surface area contributed by atoms with Gasteiger partial charge in [0.25, 0.3) is 5.91 Å². The number of methoxy groups -OCH3 is 1. The Bertz CT molecular complexity index is 996. The summed E-state index contributed by atoms with van der Waals surface area (Å²) in [5.74, 6) is 0.766. The summed E-state index contributed by atoms with van der Waals surface area (Å²) < 4.78 is 33.2. The van der Waals surface area contributed by atoms with Crippen molar-refractivity contribution in [2.24, 2.45) is 5.92 Å². The first-order valence-corrected chi connectivity index (χ1v) is 11.8. The highest BCUT2D eigenvalue weighted by molar-refractivity contribution is 7.90. The first-order chi connectivity index (χ1) is 14.5. The fourth-order valence-electron chi connectivity index (χ4n) is 4.47. The second-order valence-corrected chi connectivity index (χ2v) is 10.1. The first-order valence-electron chi connectivity index (χ1n) is 10.3. The minimum absolute atomic E-state index is 0.0620. The van der Waals surface area contributed by atoms with Crippen molar-refractivity contribution in [2.75, 3.05) is 33.3 Å². The predicted octanol–water partition coefficient (Wildman–Crippen LogP) is 2.20. The van der Waals surface area contributed by atoms with Crippen LogP contribution in [0.25, 0.3) is 0 Å². The molecule has 0 unspecified atom stereocenters. The number of rotatable bonds is 5. The smallest absolute Gasteiger partial charge is 0.255 e. The molecule has 8 heteroatoms. The maximum Gasteiger partial charge on any atom is 0.255 e. The van der Waals surface area contributed by atoms with Crippen LogP contribution in [-0.2, 0) is 16.4 Å². The number of pyridine rings is 1. The Morgan fingerprint density at radius 2 is 2.03 bits per heavy atom. The number of fused-ring (bicyclic) bond motifs is 1. The van der Waals surface area contributed by atoms with E-state index in [1.807, 2.05) is 24.3 Å². The van der Waals surface area contributed by atoms with E-state index in [9.17, 15) is 13.2 Å². The number of benzene rings is 1. The fourth-order valence-corrected chi connectivity index (χ4v) is 6.71. The van der Waals surface area contributed by atoms with E-state index in [0.29, 0.717) is 51.0 Å². The van der Waals surface area contributed by atoms with Gasteiger partial charge in [-0.1, -0.05) is 12.1 Å². The average Bonchev–Trinajstić information content (AvgIpc) is 2.90. The van der Waals surface area contributed by atoms with Crippen molar-refractivity contribution in [1.29, 1.82) is 0 Å². The van der Waals surface area contributed by atoms with E-state index in [4.69, 9.17) is 4.74 Å². The first kappa shape index (κ1) is 20.8. The molecule has 2 aliphatic heterocycles. The van der Waals surface area contributed by atoms with Crippen LogP contribution in [0.3, 0.4) is 0 Å². The second kappa shape index (κ2) is 8.73. The highest BCUT2D eigenvalue weighted by Gasteiger charge is 2.46. The molecule has 2 aromatic rings. The van der Waals surface area contributed by atoms with Crippen LogP contribution in [0, 0.1) is 5.92 Å². The Hall–Kier alpha value is -2.45. The largest absolute Gasteiger partial charge is 0.497 e. The summed E-state index contributed by atoms with van der Waals surface area (Å²) in [7, 11) is -1.73. The van der Waals surface area contributed by atoms with E-state index in [1.54, 1.807) is 40.8 Å². The summed E-state index contributed by atoms with van der Waals surface area (Å²) in [5.41, 5.74) is 1.61. The van der Waals surface area contributed by atoms with Gasteiger partial charge in [0.1, 0.15) is 5.75 Å². The number of hydrogen-bond donors (Lipinski definition) is 0. The molecule has 1 amide bonds. The molecule has 1 aromatic heterocycles. The molecule has 1 aromatic carbocycles. The summed E-state index contributed by atoms with van der Waals surface area (Å²) in [5, 5.41) is -0.408. The van der Waals surface area contributed by atoms with Gasteiger partial charge in [-0.25, -0.2) is 12.7 Å². The number of carbonyl (C=O) groups excluding carboxylic acids is 1. The molecule has 30 heavy (non-hydrogen) atoms. The lowest BCUT2D eigenvalue weighted by Gasteiger charge is -2.22. The van der Waals surface area contributed by atoms with E-state index < -0.39 is 15.3 Å². The molecule has 0 radical (unpaired) electrons. The summed E-state index contributed by atoms with van der Waals surface area (Å²) in [6.45, 7) is 2.04. The van der Waals surface area contributed by atoms with Gasteiger partial charge in [-0.15, -0.1) is 0 Å². The van der Waals surface area contributed by atoms with Gasteiger partial charge in [-0.3, -0.25) is 9.78 Å². The molecule has 2 aliphatic rings. The molecule has 0 aliphatic carbocycles. The third-order valence-corrected chi connectivity index (χ3v) is 8.58. The fraction of sp³-hybridized carbons (Fsp3) is 0.455. The highest BCUT2D eigenvalue weighted by atomic mass is 32.2. The van der Waals surface area contributed by atoms with Crippen LogP contribution in [0.4, 0.5) is 0 Å². The monoisotopic (exact) mass is 429 g/mol. The van der Waals surface area contributed by atoms with Crippen LogP contribution in [0.5, 0.6) is 5.75 Å². The topological polar surface area (TPSA) is 79.8 Å². The quantitative estimate of drug-likeness (QED) is 0.728. The van der Waals surface area contributed by atoms with Gasteiger partial charge in [0.2, 0.25) is 10.0 Å². The number of nitrogens with zero attached hydrogens (tertiary/aromatic N) is 3. The minimum Gasteiger partial charge on any atom is -0.497 e. The molecule has 2 atom stereocenters. The van der Waals surface area contributed by atoms with Gasteiger partial charge in [0.05, 0.1) is 17.9 Å². The molecular formula is C22H27N3O4S. The van der Waals surface area contributed by atoms with E-state index in [2.05, 4.69) is 4.98 Å². The highest BCUT2D eigenvalue weighted by Crippen LogP contribution is 2.34. The van der Waals surface area contributed by atoms with Crippen LogP contribution in [0.2, 0.25) is 0 Å². The van der Waals surface area contributed by atoms with Gasteiger partial charge >= 0.3 is 0 Å². The number of aromatic nitrogens is 1. The second-order valence-electron chi connectivity index (χ2n) is 7.91. The van der Waals surface area contributed by atoms with Gasteiger partial charge in [0.15, 0.2) is 0 Å². The standard InChI is InChI=1S/C22H27N3O4S/c1-29-20-6-2-4-17(14-20)7-13-25-16-19-8-11-24(12-9-21(19)30(25,27)28)22(26)18-5-3-10-23-15-18/h2-6,10,14-15,19,21H,7-9,11-13,16H2,1H3/t19-,21-/m0/s1. The van der Waals surface area contributed by atoms with Crippen LogP contribution in [-0.4, -0.2) is 67.1 Å². The van der Waals surface area contributed by atoms with Gasteiger partial charge < -0.3 is 9.64 Å². The Balaban J connectivity index is 1.40. The number of sulfonamides is 1. The molecule has 3 heterocycles. The number of hydrogen-bond acceptors (Lipinski definition) is 5. The zero-order chi connectivity index (χ0) is 21.1. The van der Waals surface area contributed by atoms with Crippen molar-refractivity contribution in [3.8, 4) is 5.75 Å². The SMILES string of the molecule is COc1cccc(CCN2C[C@@H]3CCN(C(=O)c4cccnc4)CC[C@@H]3S2(=O)=O)c1. The van der Waals surface area contributed by atoms with Gasteiger partial charge in [0, 0.05) is 38.6 Å². The number of carbonyl (C=O) groups is 1. The molecule has 0 saturated carbocycles. The van der Waals surface area contributed by atoms with Crippen molar-refractivity contribution >= 4 is 15.9 Å². The van der Waals surface area contributed by atoms with Crippen molar-refractivity contribution in [1.82, 2.24) is 14.2 Å². The van der Waals surface area contributed by atoms with Crippen LogP contribution < -0.4 is 4.74 Å². The molecule has 7 nitrogen and oxygen atoms in total. The van der Waals surface area contributed by atoms with Crippen molar-refractivity contribution < 1.29 is 17.9 Å². The lowest BCUT2D eigenvalue weighted by atomic mass is 10.0. The van der Waals surface area contributed by atoms with E-state index >= 15 is 0 Å². The van der Waals surface area contributed by atoms with Crippen molar-refractivity contribution in [2.45, 2.75) is 24.5 Å². The Morgan fingerprint density at radius 1 is 1.20 bits per heavy atom. The average molecular weight is 430 g/mol. The molecule has 2 fully saturated rings. The third kappa shape index (κ3) is 4.20. The minimum atomic E-state index is -3.36. The molecule has 0 bridgehead atoms. The number of likely N-dealkylation sites (tertiary alicyclic amines) is 1. The lowest BCUT2D eigenvalue weighted by Crippen LogP contribution is -2.35. The van der Waals surface area contributed by atoms with Crippen LogP contribution >= 0.6 is 0 Å². The normalized spacial score (nSPS) is 23.6. The summed E-state index contributed by atoms with van der Waals surface area (Å²) in [6.07, 6.45) is 5.03. The molecule has 0 spiro atoms. The Morgan fingerprint density at radius 3 is 2.80 bits per heavy atom. The summed E-state index contributed by atoms with van der Waals surface area (Å²) in [4.78, 5) is 18.5.